The van der Waals surface area contributed by atoms with Crippen LogP contribution < -0.4 is 5.32 Å². The van der Waals surface area contributed by atoms with Gasteiger partial charge in [-0.15, -0.1) is 0 Å². The van der Waals surface area contributed by atoms with Gasteiger partial charge in [-0.3, -0.25) is 0 Å². The topological polar surface area (TPSA) is 12.0 Å². The second kappa shape index (κ2) is 7.34. The SMILES string of the molecule is CNCC(Cc1c(F)ccc(Br)c1F)c1ccccc1Cl. The van der Waals surface area contributed by atoms with Gasteiger partial charge in [-0.1, -0.05) is 29.8 Å². The van der Waals surface area contributed by atoms with Gasteiger partial charge >= 0.3 is 0 Å². The highest BCUT2D eigenvalue weighted by atomic mass is 79.9. The van der Waals surface area contributed by atoms with E-state index in [1.807, 2.05) is 18.2 Å². The van der Waals surface area contributed by atoms with Gasteiger partial charge in [0.05, 0.1) is 4.47 Å². The van der Waals surface area contributed by atoms with Gasteiger partial charge in [0.25, 0.3) is 0 Å². The van der Waals surface area contributed by atoms with Crippen molar-refractivity contribution in [3.8, 4) is 0 Å². The zero-order chi connectivity index (χ0) is 15.4. The first-order valence-electron chi connectivity index (χ1n) is 6.56. The summed E-state index contributed by atoms with van der Waals surface area (Å²) in [5.41, 5.74) is 0.955. The monoisotopic (exact) mass is 373 g/mol. The molecule has 1 N–H and O–H groups in total. The van der Waals surface area contributed by atoms with Crippen LogP contribution in [0.4, 0.5) is 8.78 Å². The van der Waals surface area contributed by atoms with Gasteiger partial charge in [0.2, 0.25) is 0 Å². The maximum absolute atomic E-state index is 14.1. The molecule has 0 amide bonds. The van der Waals surface area contributed by atoms with Crippen LogP contribution in [0.2, 0.25) is 5.02 Å². The number of hydrogen-bond donors (Lipinski definition) is 1. The summed E-state index contributed by atoms with van der Waals surface area (Å²) >= 11 is 9.30. The molecule has 0 radical (unpaired) electrons. The highest BCUT2D eigenvalue weighted by Crippen LogP contribution is 2.30. The first-order valence-corrected chi connectivity index (χ1v) is 7.73. The molecule has 0 aliphatic carbocycles. The van der Waals surface area contributed by atoms with Crippen LogP contribution in [0.15, 0.2) is 40.9 Å². The summed E-state index contributed by atoms with van der Waals surface area (Å²) in [6.45, 7) is 0.578. The van der Waals surface area contributed by atoms with Crippen molar-refractivity contribution in [1.29, 1.82) is 0 Å². The van der Waals surface area contributed by atoms with Crippen molar-refractivity contribution in [2.45, 2.75) is 12.3 Å². The molecular formula is C16H15BrClF2N. The molecule has 1 nitrogen and oxygen atoms in total. The highest BCUT2D eigenvalue weighted by molar-refractivity contribution is 9.10. The number of hydrogen-bond acceptors (Lipinski definition) is 1. The van der Waals surface area contributed by atoms with Crippen LogP contribution in [-0.4, -0.2) is 13.6 Å². The molecule has 21 heavy (non-hydrogen) atoms. The fraction of sp³-hybridized carbons (Fsp3) is 0.250. The summed E-state index contributed by atoms with van der Waals surface area (Å²) in [7, 11) is 1.80. The van der Waals surface area contributed by atoms with Crippen molar-refractivity contribution >= 4 is 27.5 Å². The minimum Gasteiger partial charge on any atom is -0.319 e. The zero-order valence-corrected chi connectivity index (χ0v) is 13.8. The largest absolute Gasteiger partial charge is 0.319 e. The van der Waals surface area contributed by atoms with Crippen LogP contribution in [0.1, 0.15) is 17.0 Å². The quantitative estimate of drug-likeness (QED) is 0.732. The average Bonchev–Trinajstić information content (AvgIpc) is 2.47. The Morgan fingerprint density at radius 3 is 2.57 bits per heavy atom. The van der Waals surface area contributed by atoms with Crippen LogP contribution in [0.3, 0.4) is 0 Å². The van der Waals surface area contributed by atoms with Crippen molar-refractivity contribution in [2.75, 3.05) is 13.6 Å². The lowest BCUT2D eigenvalue weighted by Crippen LogP contribution is -2.20. The van der Waals surface area contributed by atoms with E-state index in [1.165, 1.54) is 12.1 Å². The Morgan fingerprint density at radius 1 is 1.19 bits per heavy atom. The summed E-state index contributed by atoms with van der Waals surface area (Å²) in [4.78, 5) is 0. The lowest BCUT2D eigenvalue weighted by atomic mass is 9.91. The second-order valence-corrected chi connectivity index (χ2v) is 6.06. The first kappa shape index (κ1) is 16.4. The zero-order valence-electron chi connectivity index (χ0n) is 11.5. The van der Waals surface area contributed by atoms with E-state index in [9.17, 15) is 8.78 Å². The predicted octanol–water partition coefficient (Wildman–Crippen LogP) is 4.93. The van der Waals surface area contributed by atoms with Gasteiger partial charge in [0.15, 0.2) is 0 Å². The fourth-order valence-corrected chi connectivity index (χ4v) is 3.01. The molecule has 0 aromatic heterocycles. The van der Waals surface area contributed by atoms with Crippen LogP contribution in [0, 0.1) is 11.6 Å². The number of halogens is 4. The molecule has 2 aromatic carbocycles. The van der Waals surface area contributed by atoms with Gasteiger partial charge in [0, 0.05) is 23.0 Å². The molecule has 0 heterocycles. The van der Waals surface area contributed by atoms with Gasteiger partial charge < -0.3 is 5.32 Å². The number of likely N-dealkylation sites (N-methyl/N-ethyl adjacent to an activating group) is 1. The van der Waals surface area contributed by atoms with Crippen LogP contribution in [-0.2, 0) is 6.42 Å². The lowest BCUT2D eigenvalue weighted by Gasteiger charge is -2.19. The number of rotatable bonds is 5. The number of nitrogens with one attached hydrogen (secondary N) is 1. The predicted molar refractivity (Wildman–Crippen MR) is 85.9 cm³/mol. The molecule has 0 fully saturated rings. The average molecular weight is 375 g/mol. The first-order chi connectivity index (χ1) is 10.0. The molecule has 112 valence electrons. The molecule has 0 spiro atoms. The molecule has 0 saturated carbocycles. The van der Waals surface area contributed by atoms with Gasteiger partial charge in [0.1, 0.15) is 11.6 Å². The minimum atomic E-state index is -0.553. The van der Waals surface area contributed by atoms with E-state index < -0.39 is 11.6 Å². The van der Waals surface area contributed by atoms with E-state index in [0.717, 1.165) is 5.56 Å². The molecule has 2 rings (SSSR count). The van der Waals surface area contributed by atoms with E-state index in [-0.39, 0.29) is 22.4 Å². The molecule has 1 atom stereocenters. The smallest absolute Gasteiger partial charge is 0.143 e. The standard InChI is InChI=1S/C16H15BrClF2N/c1-21-9-10(11-4-2-3-5-14(11)18)8-12-15(19)7-6-13(17)16(12)20/h2-7,10,21H,8-9H2,1H3. The Balaban J connectivity index is 2.38. The summed E-state index contributed by atoms with van der Waals surface area (Å²) < 4.78 is 28.3. The van der Waals surface area contributed by atoms with Gasteiger partial charge in [-0.05, 0) is 53.2 Å². The Labute approximate surface area is 136 Å². The van der Waals surface area contributed by atoms with Crippen molar-refractivity contribution < 1.29 is 8.78 Å². The van der Waals surface area contributed by atoms with E-state index in [4.69, 9.17) is 11.6 Å². The second-order valence-electron chi connectivity index (χ2n) is 4.80. The van der Waals surface area contributed by atoms with Crippen molar-refractivity contribution in [3.63, 3.8) is 0 Å². The third kappa shape index (κ3) is 3.82. The summed E-state index contributed by atoms with van der Waals surface area (Å²) in [6, 6.07) is 10.0. The van der Waals surface area contributed by atoms with Gasteiger partial charge in [-0.25, -0.2) is 8.78 Å². The molecule has 1 unspecified atom stereocenters. The molecule has 0 bridgehead atoms. The summed E-state index contributed by atoms with van der Waals surface area (Å²) in [5.74, 6) is -1.20. The van der Waals surface area contributed by atoms with Crippen molar-refractivity contribution in [3.05, 3.63) is 68.7 Å². The van der Waals surface area contributed by atoms with Gasteiger partial charge in [-0.2, -0.15) is 0 Å². The maximum Gasteiger partial charge on any atom is 0.143 e. The summed E-state index contributed by atoms with van der Waals surface area (Å²) in [5, 5.41) is 3.66. The normalized spacial score (nSPS) is 12.4. The van der Waals surface area contributed by atoms with E-state index in [2.05, 4.69) is 21.2 Å². The molecule has 0 aliphatic rings. The third-order valence-corrected chi connectivity index (χ3v) is 4.34. The summed E-state index contributed by atoms with van der Waals surface area (Å²) in [6.07, 6.45) is 0.238. The van der Waals surface area contributed by atoms with Crippen molar-refractivity contribution in [1.82, 2.24) is 5.32 Å². The van der Waals surface area contributed by atoms with E-state index in [1.54, 1.807) is 13.1 Å². The van der Waals surface area contributed by atoms with Crippen LogP contribution >= 0.6 is 27.5 Å². The maximum atomic E-state index is 14.1. The Morgan fingerprint density at radius 2 is 1.90 bits per heavy atom. The Hall–Kier alpha value is -0.970. The minimum absolute atomic E-state index is 0.0737. The highest BCUT2D eigenvalue weighted by Gasteiger charge is 2.20. The molecule has 0 saturated heterocycles. The Bertz CT molecular complexity index is 634. The van der Waals surface area contributed by atoms with E-state index >= 15 is 0 Å². The lowest BCUT2D eigenvalue weighted by molar-refractivity contribution is 0.526. The molecule has 2 aromatic rings. The molecule has 5 heteroatoms. The fourth-order valence-electron chi connectivity index (χ4n) is 2.35. The van der Waals surface area contributed by atoms with Crippen LogP contribution in [0.5, 0.6) is 0 Å². The van der Waals surface area contributed by atoms with Crippen molar-refractivity contribution in [2.24, 2.45) is 0 Å². The third-order valence-electron chi connectivity index (χ3n) is 3.39. The van der Waals surface area contributed by atoms with Crippen LogP contribution in [0.25, 0.3) is 0 Å². The van der Waals surface area contributed by atoms with E-state index in [0.29, 0.717) is 11.6 Å². The molecule has 0 aliphatic heterocycles. The molecular weight excluding hydrogens is 360 g/mol. The Kier molecular flexibility index (Phi) is 5.73. The number of benzene rings is 2.